The first-order valence-corrected chi connectivity index (χ1v) is 20.2. The molecule has 0 aliphatic heterocycles. The summed E-state index contributed by atoms with van der Waals surface area (Å²) < 4.78 is 13.0. The molecule has 8 aromatic carbocycles. The van der Waals surface area contributed by atoms with Gasteiger partial charge in [0.25, 0.3) is 5.69 Å². The summed E-state index contributed by atoms with van der Waals surface area (Å²) in [4.78, 5) is 22.7. The maximum absolute atomic E-state index is 12.1. The maximum atomic E-state index is 12.1. The summed E-state index contributed by atoms with van der Waals surface area (Å²) in [6.07, 6.45) is 0. The molecule has 0 atom stereocenters. The Labute approximate surface area is 366 Å². The highest BCUT2D eigenvalue weighted by Gasteiger charge is 2.25. The van der Waals surface area contributed by atoms with Crippen LogP contribution < -0.4 is 11.1 Å². The third-order valence-electron chi connectivity index (χ3n) is 9.82. The highest BCUT2D eigenvalue weighted by atomic mass is 79.9. The quantitative estimate of drug-likeness (QED) is 0.0951. The van der Waals surface area contributed by atoms with Crippen molar-refractivity contribution in [2.45, 2.75) is 0 Å². The Kier molecular flexibility index (Phi) is 11.7. The van der Waals surface area contributed by atoms with Crippen LogP contribution >= 0.6 is 39.1 Å². The zero-order valence-corrected chi connectivity index (χ0v) is 34.8. The molecule has 13 heteroatoms. The van der Waals surface area contributed by atoms with Gasteiger partial charge in [0.05, 0.1) is 36.7 Å². The van der Waals surface area contributed by atoms with E-state index in [0.717, 1.165) is 42.2 Å². The molecule has 0 fully saturated rings. The molecular formula is C48H31BrCl2N4O6. The van der Waals surface area contributed by atoms with Crippen LogP contribution in [0.3, 0.4) is 0 Å². The number of hydrogen-bond donors (Lipinski definition) is 2. The fourth-order valence-corrected chi connectivity index (χ4v) is 7.71. The van der Waals surface area contributed by atoms with Crippen molar-refractivity contribution in [3.8, 4) is 22.3 Å². The molecule has 3 N–H and O–H groups in total. The minimum absolute atomic E-state index is 0.0367. The first kappa shape index (κ1) is 40.6. The van der Waals surface area contributed by atoms with Gasteiger partial charge in [-0.1, -0.05) is 132 Å². The molecule has 61 heavy (non-hydrogen) atoms. The van der Waals surface area contributed by atoms with Gasteiger partial charge in [-0.05, 0) is 76.6 Å². The van der Waals surface area contributed by atoms with Crippen LogP contribution in [0.25, 0.3) is 66.1 Å². The van der Waals surface area contributed by atoms with E-state index in [4.69, 9.17) is 37.8 Å². The van der Waals surface area contributed by atoms with Crippen molar-refractivity contribution in [2.24, 2.45) is 0 Å². The van der Waals surface area contributed by atoms with Crippen molar-refractivity contribution in [1.29, 1.82) is 0 Å². The lowest BCUT2D eigenvalue weighted by Gasteiger charge is -2.12. The fourth-order valence-electron chi connectivity index (χ4n) is 7.11. The summed E-state index contributed by atoms with van der Waals surface area (Å²) in [5.41, 5.74) is 11.8. The molecule has 0 saturated heterocycles. The van der Waals surface area contributed by atoms with Gasteiger partial charge in [-0.3, -0.25) is 20.2 Å². The highest BCUT2D eigenvalue weighted by molar-refractivity contribution is 9.10. The summed E-state index contributed by atoms with van der Waals surface area (Å²) in [6.45, 7) is 0. The SMILES string of the molecule is Clc1ccccc1Br.Nc1cccc(-c2cccc3c2oc2ccccc23)c1[N+](=O)[O-].O=[N+]([O-])c1c(Nc2ccccc2Cl)cccc1-c1cccc2c1oc1ccccc12. The number of furan rings is 2. The van der Waals surface area contributed by atoms with Gasteiger partial charge < -0.3 is 19.9 Å². The number of nitrogen functional groups attached to an aromatic ring is 1. The molecule has 0 aliphatic carbocycles. The zero-order chi connectivity index (χ0) is 42.6. The number of nitro benzene ring substituents is 2. The minimum Gasteiger partial charge on any atom is -0.455 e. The molecule has 300 valence electrons. The maximum Gasteiger partial charge on any atom is 0.300 e. The molecule has 0 spiro atoms. The Hall–Kier alpha value is -7.18. The number of fused-ring (bicyclic) bond motifs is 6. The Balaban J connectivity index is 0.000000146. The topological polar surface area (TPSA) is 151 Å². The predicted octanol–water partition coefficient (Wildman–Crippen LogP) is 15.4. The van der Waals surface area contributed by atoms with Gasteiger partial charge >= 0.3 is 5.69 Å². The number of nitrogens with two attached hydrogens (primary N) is 1. The average molecular weight is 911 g/mol. The number of para-hydroxylation sites is 7. The van der Waals surface area contributed by atoms with Crippen LogP contribution in [0, 0.1) is 20.2 Å². The van der Waals surface area contributed by atoms with Gasteiger partial charge in [0.2, 0.25) is 0 Å². The summed E-state index contributed by atoms with van der Waals surface area (Å²) in [5, 5.41) is 31.7. The van der Waals surface area contributed by atoms with E-state index in [1.54, 1.807) is 48.5 Å². The predicted molar refractivity (Wildman–Crippen MR) is 250 cm³/mol. The van der Waals surface area contributed by atoms with Crippen molar-refractivity contribution in [1.82, 2.24) is 0 Å². The zero-order valence-electron chi connectivity index (χ0n) is 31.7. The van der Waals surface area contributed by atoms with Crippen LogP contribution in [0.4, 0.5) is 28.4 Å². The Morgan fingerprint density at radius 3 is 1.43 bits per heavy atom. The first-order valence-electron chi connectivity index (χ1n) is 18.6. The summed E-state index contributed by atoms with van der Waals surface area (Å²) >= 11 is 15.2. The van der Waals surface area contributed by atoms with Crippen molar-refractivity contribution in [3.63, 3.8) is 0 Å². The van der Waals surface area contributed by atoms with Gasteiger partial charge in [-0.25, -0.2) is 0 Å². The minimum atomic E-state index is -0.452. The van der Waals surface area contributed by atoms with Crippen LogP contribution in [-0.4, -0.2) is 9.85 Å². The lowest BCUT2D eigenvalue weighted by molar-refractivity contribution is -0.383. The molecule has 0 amide bonds. The Bertz CT molecular complexity index is 3260. The van der Waals surface area contributed by atoms with Crippen LogP contribution in [0.2, 0.25) is 10.0 Å². The molecule has 10 nitrogen and oxygen atoms in total. The lowest BCUT2D eigenvalue weighted by atomic mass is 10.00. The second kappa shape index (κ2) is 17.6. The number of nitro groups is 2. The lowest BCUT2D eigenvalue weighted by Crippen LogP contribution is -1.99. The van der Waals surface area contributed by atoms with E-state index in [2.05, 4.69) is 21.2 Å². The van der Waals surface area contributed by atoms with Crippen molar-refractivity contribution >= 4 is 111 Å². The van der Waals surface area contributed by atoms with Gasteiger partial charge in [0, 0.05) is 37.1 Å². The average Bonchev–Trinajstić information content (AvgIpc) is 3.84. The van der Waals surface area contributed by atoms with Crippen LogP contribution in [-0.2, 0) is 0 Å². The number of rotatable bonds is 6. The van der Waals surface area contributed by atoms with Crippen molar-refractivity contribution < 1.29 is 18.7 Å². The molecule has 2 heterocycles. The summed E-state index contributed by atoms with van der Waals surface area (Å²) in [6, 6.07) is 51.5. The third-order valence-corrected chi connectivity index (χ3v) is 11.4. The Morgan fingerprint density at radius 1 is 0.475 bits per heavy atom. The molecule has 2 aromatic heterocycles. The number of halogens is 3. The van der Waals surface area contributed by atoms with E-state index in [0.29, 0.717) is 49.8 Å². The normalized spacial score (nSPS) is 10.9. The van der Waals surface area contributed by atoms with E-state index in [1.807, 2.05) is 115 Å². The van der Waals surface area contributed by atoms with E-state index < -0.39 is 4.92 Å². The van der Waals surface area contributed by atoms with Gasteiger partial charge in [-0.2, -0.15) is 0 Å². The Morgan fingerprint density at radius 2 is 0.902 bits per heavy atom. The van der Waals surface area contributed by atoms with Crippen LogP contribution in [0.5, 0.6) is 0 Å². The summed E-state index contributed by atoms with van der Waals surface area (Å²) in [7, 11) is 0. The largest absolute Gasteiger partial charge is 0.455 e. The summed E-state index contributed by atoms with van der Waals surface area (Å²) in [5.74, 6) is 0. The monoisotopic (exact) mass is 908 g/mol. The molecule has 10 aromatic rings. The molecule has 0 radical (unpaired) electrons. The van der Waals surface area contributed by atoms with Crippen molar-refractivity contribution in [2.75, 3.05) is 11.1 Å². The van der Waals surface area contributed by atoms with E-state index >= 15 is 0 Å². The number of benzene rings is 8. The van der Waals surface area contributed by atoms with E-state index in [-0.39, 0.29) is 22.0 Å². The standard InChI is InChI=1S/C24H15ClN2O3.C18H12N2O3.C6H4BrCl/c25-19-11-2-3-12-20(19)26-21-13-6-8-16(23(21)27(28)29)18-10-5-9-17-15-7-1-4-14-22(15)30-24(17)18;19-15-9-4-6-12(17(15)20(21)22)14-8-3-7-13-11-5-1-2-10-16(11)23-18(13)14;7-5-3-1-2-4-6(5)8/h1-14,26H;1-10H,19H2;1-4H. The van der Waals surface area contributed by atoms with Gasteiger partial charge in [0.1, 0.15) is 33.7 Å². The molecular weight excluding hydrogens is 879 g/mol. The second-order valence-corrected chi connectivity index (χ2v) is 15.2. The highest BCUT2D eigenvalue weighted by Crippen LogP contribution is 2.44. The van der Waals surface area contributed by atoms with E-state index in [9.17, 15) is 20.2 Å². The third kappa shape index (κ3) is 8.22. The van der Waals surface area contributed by atoms with Gasteiger partial charge in [0.15, 0.2) is 0 Å². The first-order chi connectivity index (χ1) is 29.6. The number of nitrogens with zero attached hydrogens (tertiary/aromatic N) is 2. The molecule has 0 aliphatic rings. The van der Waals surface area contributed by atoms with Gasteiger partial charge in [-0.15, -0.1) is 0 Å². The molecule has 0 saturated carbocycles. The number of hydrogen-bond acceptors (Lipinski definition) is 8. The molecule has 0 unspecified atom stereocenters. The fraction of sp³-hybridized carbons (Fsp3) is 0. The van der Waals surface area contributed by atoms with Crippen molar-refractivity contribution in [3.05, 3.63) is 205 Å². The number of anilines is 3. The van der Waals surface area contributed by atoms with E-state index in [1.165, 1.54) is 6.07 Å². The molecule has 10 rings (SSSR count). The number of nitrogens with one attached hydrogen (secondary N) is 1. The second-order valence-electron chi connectivity index (χ2n) is 13.5. The van der Waals surface area contributed by atoms with Crippen LogP contribution in [0.1, 0.15) is 0 Å². The smallest absolute Gasteiger partial charge is 0.300 e. The molecule has 0 bridgehead atoms. The van der Waals surface area contributed by atoms with Crippen LogP contribution in [0.15, 0.2) is 183 Å².